The summed E-state index contributed by atoms with van der Waals surface area (Å²) in [5.74, 6) is -0.580. The predicted octanol–water partition coefficient (Wildman–Crippen LogP) is 2.14. The number of hydrogen-bond acceptors (Lipinski definition) is 5. The minimum absolute atomic E-state index is 0.199. The molecule has 21 heavy (non-hydrogen) atoms. The number of hydrogen-bond donors (Lipinski definition) is 1. The van der Waals surface area contributed by atoms with Gasteiger partial charge in [-0.05, 0) is 18.6 Å². The van der Waals surface area contributed by atoms with Crippen molar-refractivity contribution in [2.24, 2.45) is 5.92 Å². The SMILES string of the molecule is CCCN(c1nccc2occc12)C1COCC1C(=O)O. The maximum absolute atomic E-state index is 11.4. The predicted molar refractivity (Wildman–Crippen MR) is 77.4 cm³/mol. The Labute approximate surface area is 122 Å². The van der Waals surface area contributed by atoms with E-state index in [1.165, 1.54) is 0 Å². The highest BCUT2D eigenvalue weighted by atomic mass is 16.5. The molecule has 0 aliphatic carbocycles. The van der Waals surface area contributed by atoms with E-state index in [1.807, 2.05) is 17.0 Å². The quantitative estimate of drug-likeness (QED) is 0.909. The summed E-state index contributed by atoms with van der Waals surface area (Å²) >= 11 is 0. The van der Waals surface area contributed by atoms with E-state index in [4.69, 9.17) is 9.15 Å². The molecule has 3 heterocycles. The Bertz CT molecular complexity index is 639. The van der Waals surface area contributed by atoms with Gasteiger partial charge >= 0.3 is 5.97 Å². The summed E-state index contributed by atoms with van der Waals surface area (Å²) in [5.41, 5.74) is 0.756. The molecule has 6 nitrogen and oxygen atoms in total. The fourth-order valence-electron chi connectivity index (χ4n) is 2.86. The molecule has 2 unspecified atom stereocenters. The highest BCUT2D eigenvalue weighted by Crippen LogP contribution is 2.30. The lowest BCUT2D eigenvalue weighted by Gasteiger charge is -2.31. The molecule has 0 bridgehead atoms. The zero-order valence-electron chi connectivity index (χ0n) is 11.9. The molecule has 1 aliphatic rings. The van der Waals surface area contributed by atoms with Crippen molar-refractivity contribution in [1.82, 2.24) is 4.98 Å². The molecule has 1 N–H and O–H groups in total. The normalized spacial score (nSPS) is 21.8. The molecule has 2 aromatic heterocycles. The van der Waals surface area contributed by atoms with Crippen molar-refractivity contribution in [1.29, 1.82) is 0 Å². The molecular formula is C15H18N2O4. The summed E-state index contributed by atoms with van der Waals surface area (Å²) < 4.78 is 10.8. The van der Waals surface area contributed by atoms with Crippen molar-refractivity contribution in [3.63, 3.8) is 0 Å². The van der Waals surface area contributed by atoms with Gasteiger partial charge in [0, 0.05) is 12.7 Å². The smallest absolute Gasteiger partial charge is 0.311 e. The first-order chi connectivity index (χ1) is 10.2. The van der Waals surface area contributed by atoms with Gasteiger partial charge in [-0.3, -0.25) is 4.79 Å². The van der Waals surface area contributed by atoms with Gasteiger partial charge in [0.25, 0.3) is 0 Å². The maximum Gasteiger partial charge on any atom is 0.311 e. The van der Waals surface area contributed by atoms with Crippen molar-refractivity contribution < 1.29 is 19.1 Å². The number of aliphatic carboxylic acids is 1. The highest BCUT2D eigenvalue weighted by Gasteiger charge is 2.38. The first-order valence-electron chi connectivity index (χ1n) is 7.11. The maximum atomic E-state index is 11.4. The van der Waals surface area contributed by atoms with E-state index in [0.29, 0.717) is 6.61 Å². The average Bonchev–Trinajstić information content (AvgIpc) is 3.12. The molecule has 0 amide bonds. The molecule has 0 spiro atoms. The molecule has 1 saturated heterocycles. The molecule has 0 saturated carbocycles. The van der Waals surface area contributed by atoms with E-state index >= 15 is 0 Å². The minimum atomic E-state index is -0.821. The number of pyridine rings is 1. The van der Waals surface area contributed by atoms with Crippen LogP contribution in [0, 0.1) is 5.92 Å². The molecule has 1 aliphatic heterocycles. The van der Waals surface area contributed by atoms with Crippen LogP contribution in [0.2, 0.25) is 0 Å². The van der Waals surface area contributed by atoms with Gasteiger partial charge in [0.15, 0.2) is 0 Å². The van der Waals surface area contributed by atoms with Crippen LogP contribution in [0.15, 0.2) is 29.0 Å². The summed E-state index contributed by atoms with van der Waals surface area (Å²) in [4.78, 5) is 17.9. The number of fused-ring (bicyclic) bond motifs is 1. The summed E-state index contributed by atoms with van der Waals surface area (Å²) in [5, 5.41) is 10.3. The molecule has 112 valence electrons. The van der Waals surface area contributed by atoms with Crippen LogP contribution in [-0.2, 0) is 9.53 Å². The largest absolute Gasteiger partial charge is 0.481 e. The zero-order valence-corrected chi connectivity index (χ0v) is 11.9. The molecule has 1 fully saturated rings. The van der Waals surface area contributed by atoms with Crippen LogP contribution in [0.3, 0.4) is 0 Å². The van der Waals surface area contributed by atoms with Crippen molar-refractivity contribution in [3.05, 3.63) is 24.6 Å². The van der Waals surface area contributed by atoms with E-state index in [-0.39, 0.29) is 12.6 Å². The average molecular weight is 290 g/mol. The van der Waals surface area contributed by atoms with Crippen LogP contribution < -0.4 is 4.90 Å². The second-order valence-corrected chi connectivity index (χ2v) is 5.21. The van der Waals surface area contributed by atoms with Gasteiger partial charge in [0.05, 0.1) is 30.9 Å². The Hall–Kier alpha value is -2.08. The summed E-state index contributed by atoms with van der Waals surface area (Å²) in [6.45, 7) is 3.46. The fraction of sp³-hybridized carbons (Fsp3) is 0.467. The van der Waals surface area contributed by atoms with Gasteiger partial charge in [-0.25, -0.2) is 4.98 Å². The molecule has 6 heteroatoms. The number of carboxylic acids is 1. The van der Waals surface area contributed by atoms with Crippen molar-refractivity contribution in [2.45, 2.75) is 19.4 Å². The third-order valence-electron chi connectivity index (χ3n) is 3.86. The highest BCUT2D eigenvalue weighted by molar-refractivity contribution is 5.89. The third-order valence-corrected chi connectivity index (χ3v) is 3.86. The number of nitrogens with zero attached hydrogens (tertiary/aromatic N) is 2. The van der Waals surface area contributed by atoms with Gasteiger partial charge in [-0.1, -0.05) is 6.92 Å². The lowest BCUT2D eigenvalue weighted by Crippen LogP contribution is -2.44. The summed E-state index contributed by atoms with van der Waals surface area (Å²) in [6, 6.07) is 3.48. The second kappa shape index (κ2) is 5.73. The van der Waals surface area contributed by atoms with E-state index < -0.39 is 11.9 Å². The number of ether oxygens (including phenoxy) is 1. The number of carboxylic acid groups (broad SMARTS) is 1. The van der Waals surface area contributed by atoms with Crippen LogP contribution in [-0.4, -0.2) is 41.9 Å². The molecule has 3 rings (SSSR count). The van der Waals surface area contributed by atoms with Crippen molar-refractivity contribution >= 4 is 22.8 Å². The van der Waals surface area contributed by atoms with Gasteiger partial charge in [0.2, 0.25) is 0 Å². The van der Waals surface area contributed by atoms with E-state index in [9.17, 15) is 9.90 Å². The Morgan fingerprint density at radius 3 is 3.10 bits per heavy atom. The number of furan rings is 1. The fourth-order valence-corrected chi connectivity index (χ4v) is 2.86. The number of anilines is 1. The van der Waals surface area contributed by atoms with Gasteiger partial charge in [0.1, 0.15) is 17.3 Å². The standard InChI is InChI=1S/C15H18N2O4/c1-2-6-17(12-9-20-8-11(12)15(18)19)14-10-4-7-21-13(10)3-5-16-14/h3-5,7,11-12H,2,6,8-9H2,1H3,(H,18,19). The molecule has 0 radical (unpaired) electrons. The van der Waals surface area contributed by atoms with Crippen LogP contribution in [0.5, 0.6) is 0 Å². The topological polar surface area (TPSA) is 75.8 Å². The summed E-state index contributed by atoms with van der Waals surface area (Å²) in [6.07, 6.45) is 4.22. The number of rotatable bonds is 5. The number of aromatic nitrogens is 1. The monoisotopic (exact) mass is 290 g/mol. The van der Waals surface area contributed by atoms with E-state index in [2.05, 4.69) is 11.9 Å². The lowest BCUT2D eigenvalue weighted by molar-refractivity contribution is -0.141. The lowest BCUT2D eigenvalue weighted by atomic mass is 10.0. The van der Waals surface area contributed by atoms with Crippen molar-refractivity contribution in [2.75, 3.05) is 24.7 Å². The molecule has 0 aromatic carbocycles. The molecule has 2 atom stereocenters. The Morgan fingerprint density at radius 2 is 2.33 bits per heavy atom. The first-order valence-corrected chi connectivity index (χ1v) is 7.11. The Kier molecular flexibility index (Phi) is 3.79. The first kappa shape index (κ1) is 13.9. The van der Waals surface area contributed by atoms with Crippen LogP contribution >= 0.6 is 0 Å². The van der Waals surface area contributed by atoms with Gasteiger partial charge < -0.3 is 19.2 Å². The third kappa shape index (κ3) is 2.47. The Balaban J connectivity index is 2.01. The van der Waals surface area contributed by atoms with Crippen LogP contribution in [0.25, 0.3) is 11.0 Å². The zero-order chi connectivity index (χ0) is 14.8. The Morgan fingerprint density at radius 1 is 1.48 bits per heavy atom. The van der Waals surface area contributed by atoms with Gasteiger partial charge in [-0.2, -0.15) is 0 Å². The van der Waals surface area contributed by atoms with Crippen LogP contribution in [0.4, 0.5) is 5.82 Å². The second-order valence-electron chi connectivity index (χ2n) is 5.21. The number of carbonyl (C=O) groups is 1. The molecule has 2 aromatic rings. The van der Waals surface area contributed by atoms with E-state index in [0.717, 1.165) is 29.8 Å². The summed E-state index contributed by atoms with van der Waals surface area (Å²) in [7, 11) is 0. The van der Waals surface area contributed by atoms with Gasteiger partial charge in [-0.15, -0.1) is 0 Å². The molecular weight excluding hydrogens is 272 g/mol. The van der Waals surface area contributed by atoms with E-state index in [1.54, 1.807) is 12.5 Å². The van der Waals surface area contributed by atoms with Crippen LogP contribution in [0.1, 0.15) is 13.3 Å². The minimum Gasteiger partial charge on any atom is -0.481 e. The van der Waals surface area contributed by atoms with Crippen molar-refractivity contribution in [3.8, 4) is 0 Å².